The van der Waals surface area contributed by atoms with E-state index in [0.29, 0.717) is 34.0 Å². The van der Waals surface area contributed by atoms with Crippen LogP contribution >= 0.6 is 0 Å². The second-order valence-electron chi connectivity index (χ2n) is 5.43. The van der Waals surface area contributed by atoms with Crippen molar-refractivity contribution in [2.24, 2.45) is 0 Å². The van der Waals surface area contributed by atoms with Crippen molar-refractivity contribution in [3.05, 3.63) is 47.8 Å². The van der Waals surface area contributed by atoms with E-state index in [0.717, 1.165) is 10.9 Å². The molecule has 2 aromatic carbocycles. The molecule has 0 N–H and O–H groups in total. The summed E-state index contributed by atoms with van der Waals surface area (Å²) in [6.07, 6.45) is 0. The smallest absolute Gasteiger partial charge is 0.148 e. The first kappa shape index (κ1) is 16.1. The third kappa shape index (κ3) is 2.85. The molecule has 0 aliphatic heterocycles. The number of rotatable bonds is 4. The van der Waals surface area contributed by atoms with Gasteiger partial charge in [-0.05, 0) is 36.8 Å². The van der Waals surface area contributed by atoms with Crippen LogP contribution in [0.1, 0.15) is 5.56 Å². The number of fused-ring (bicyclic) bond motifs is 1. The number of ether oxygens (including phenoxy) is 3. The number of pyridine rings is 1. The fraction of sp³-hybridized carbons (Fsp3) is 0.211. The Morgan fingerprint density at radius 2 is 1.54 bits per heavy atom. The minimum atomic E-state index is -0.370. The van der Waals surface area contributed by atoms with Crippen molar-refractivity contribution in [1.82, 2.24) is 4.98 Å². The standard InChI is InChI=1S/C19H18FNO3/c1-11-5-17(12-6-13(20)8-14(7-12)22-2)21-19-16(11)9-15(23-3)10-18(19)24-4/h5-10H,1-4H3. The van der Waals surface area contributed by atoms with Gasteiger partial charge in [-0.2, -0.15) is 0 Å². The van der Waals surface area contributed by atoms with Crippen molar-refractivity contribution in [2.45, 2.75) is 6.92 Å². The van der Waals surface area contributed by atoms with Crippen LogP contribution in [0.5, 0.6) is 17.2 Å². The molecule has 3 rings (SSSR count). The summed E-state index contributed by atoms with van der Waals surface area (Å²) in [5.41, 5.74) is 3.00. The van der Waals surface area contributed by atoms with Gasteiger partial charge in [-0.25, -0.2) is 9.37 Å². The lowest BCUT2D eigenvalue weighted by molar-refractivity contribution is 0.397. The van der Waals surface area contributed by atoms with E-state index in [1.54, 1.807) is 26.4 Å². The number of halogens is 1. The highest BCUT2D eigenvalue weighted by Gasteiger charge is 2.13. The van der Waals surface area contributed by atoms with Gasteiger partial charge in [0.25, 0.3) is 0 Å². The maximum absolute atomic E-state index is 13.8. The van der Waals surface area contributed by atoms with Crippen LogP contribution in [0.3, 0.4) is 0 Å². The van der Waals surface area contributed by atoms with Gasteiger partial charge in [0, 0.05) is 23.1 Å². The highest BCUT2D eigenvalue weighted by Crippen LogP contribution is 2.34. The lowest BCUT2D eigenvalue weighted by atomic mass is 10.0. The van der Waals surface area contributed by atoms with E-state index in [9.17, 15) is 4.39 Å². The van der Waals surface area contributed by atoms with Crippen LogP contribution < -0.4 is 14.2 Å². The van der Waals surface area contributed by atoms with Gasteiger partial charge in [-0.3, -0.25) is 0 Å². The van der Waals surface area contributed by atoms with Crippen LogP contribution in [0.25, 0.3) is 22.2 Å². The van der Waals surface area contributed by atoms with Gasteiger partial charge in [0.05, 0.1) is 27.0 Å². The Hall–Kier alpha value is -2.82. The fourth-order valence-electron chi connectivity index (χ4n) is 2.68. The molecule has 124 valence electrons. The lowest BCUT2D eigenvalue weighted by Crippen LogP contribution is -1.95. The maximum atomic E-state index is 13.8. The molecule has 0 atom stereocenters. The molecule has 0 fully saturated rings. The molecule has 5 heteroatoms. The minimum absolute atomic E-state index is 0.370. The van der Waals surface area contributed by atoms with Crippen LogP contribution in [0.4, 0.5) is 4.39 Å². The fourth-order valence-corrected chi connectivity index (χ4v) is 2.68. The van der Waals surface area contributed by atoms with Gasteiger partial charge in [0.1, 0.15) is 28.6 Å². The molecule has 3 aromatic rings. The molecular weight excluding hydrogens is 309 g/mol. The van der Waals surface area contributed by atoms with Crippen molar-refractivity contribution < 1.29 is 18.6 Å². The summed E-state index contributed by atoms with van der Waals surface area (Å²) in [5.74, 6) is 1.39. The van der Waals surface area contributed by atoms with Crippen LogP contribution in [-0.2, 0) is 0 Å². The molecule has 0 amide bonds. The number of methoxy groups -OCH3 is 3. The number of hydrogen-bond donors (Lipinski definition) is 0. The Bertz CT molecular complexity index is 909. The van der Waals surface area contributed by atoms with E-state index in [4.69, 9.17) is 14.2 Å². The van der Waals surface area contributed by atoms with Crippen molar-refractivity contribution >= 4 is 10.9 Å². The summed E-state index contributed by atoms with van der Waals surface area (Å²) < 4.78 is 29.7. The summed E-state index contributed by atoms with van der Waals surface area (Å²) in [6.45, 7) is 1.98. The highest BCUT2D eigenvalue weighted by atomic mass is 19.1. The van der Waals surface area contributed by atoms with Gasteiger partial charge < -0.3 is 14.2 Å². The van der Waals surface area contributed by atoms with E-state index in [-0.39, 0.29) is 5.82 Å². The van der Waals surface area contributed by atoms with Crippen molar-refractivity contribution in [1.29, 1.82) is 0 Å². The molecule has 0 saturated heterocycles. The minimum Gasteiger partial charge on any atom is -0.497 e. The molecule has 0 spiro atoms. The summed E-state index contributed by atoms with van der Waals surface area (Å²) >= 11 is 0. The van der Waals surface area contributed by atoms with E-state index in [2.05, 4.69) is 4.98 Å². The molecule has 0 aliphatic carbocycles. The Kier molecular flexibility index (Phi) is 4.25. The molecule has 24 heavy (non-hydrogen) atoms. The van der Waals surface area contributed by atoms with Crippen molar-refractivity contribution in [3.8, 4) is 28.5 Å². The molecule has 1 heterocycles. The van der Waals surface area contributed by atoms with Gasteiger partial charge >= 0.3 is 0 Å². The number of hydrogen-bond acceptors (Lipinski definition) is 4. The Morgan fingerprint density at radius 1 is 0.833 bits per heavy atom. The van der Waals surface area contributed by atoms with Crippen LogP contribution in [0.2, 0.25) is 0 Å². The Balaban J connectivity index is 2.26. The van der Waals surface area contributed by atoms with Crippen LogP contribution in [-0.4, -0.2) is 26.3 Å². The van der Waals surface area contributed by atoms with E-state index in [1.807, 2.05) is 19.1 Å². The zero-order chi connectivity index (χ0) is 17.3. The predicted molar refractivity (Wildman–Crippen MR) is 91.5 cm³/mol. The number of nitrogens with zero attached hydrogens (tertiary/aromatic N) is 1. The molecule has 1 aromatic heterocycles. The highest BCUT2D eigenvalue weighted by molar-refractivity contribution is 5.91. The average Bonchev–Trinajstić information content (AvgIpc) is 2.60. The molecular formula is C19H18FNO3. The summed E-state index contributed by atoms with van der Waals surface area (Å²) in [7, 11) is 4.70. The second kappa shape index (κ2) is 6.35. The molecule has 4 nitrogen and oxygen atoms in total. The zero-order valence-corrected chi connectivity index (χ0v) is 14.0. The number of aromatic nitrogens is 1. The average molecular weight is 327 g/mol. The molecule has 0 saturated carbocycles. The number of benzene rings is 2. The van der Waals surface area contributed by atoms with Crippen molar-refractivity contribution in [3.63, 3.8) is 0 Å². The lowest BCUT2D eigenvalue weighted by Gasteiger charge is -2.12. The SMILES string of the molecule is COc1cc(F)cc(-c2cc(C)c3cc(OC)cc(OC)c3n2)c1. The molecule has 0 unspecified atom stereocenters. The second-order valence-corrected chi connectivity index (χ2v) is 5.43. The number of aryl methyl sites for hydroxylation is 1. The predicted octanol–water partition coefficient (Wildman–Crippen LogP) is 4.38. The van der Waals surface area contributed by atoms with Gasteiger partial charge in [-0.15, -0.1) is 0 Å². The first-order valence-corrected chi connectivity index (χ1v) is 7.44. The third-order valence-corrected chi connectivity index (χ3v) is 3.92. The Morgan fingerprint density at radius 3 is 2.21 bits per heavy atom. The van der Waals surface area contributed by atoms with E-state index < -0.39 is 0 Å². The summed E-state index contributed by atoms with van der Waals surface area (Å²) in [6, 6.07) is 10.1. The molecule has 0 aliphatic rings. The Labute approximate surface area is 139 Å². The molecule has 0 radical (unpaired) electrons. The van der Waals surface area contributed by atoms with Crippen LogP contribution in [0, 0.1) is 12.7 Å². The summed E-state index contributed by atoms with van der Waals surface area (Å²) in [5, 5.41) is 0.929. The first-order chi connectivity index (χ1) is 11.5. The van der Waals surface area contributed by atoms with E-state index in [1.165, 1.54) is 19.2 Å². The largest absolute Gasteiger partial charge is 0.497 e. The van der Waals surface area contributed by atoms with Gasteiger partial charge in [0.2, 0.25) is 0 Å². The van der Waals surface area contributed by atoms with Crippen molar-refractivity contribution in [2.75, 3.05) is 21.3 Å². The van der Waals surface area contributed by atoms with Gasteiger partial charge in [-0.1, -0.05) is 0 Å². The van der Waals surface area contributed by atoms with Gasteiger partial charge in [0.15, 0.2) is 0 Å². The van der Waals surface area contributed by atoms with Crippen LogP contribution in [0.15, 0.2) is 36.4 Å². The van der Waals surface area contributed by atoms with E-state index >= 15 is 0 Å². The summed E-state index contributed by atoms with van der Waals surface area (Å²) in [4.78, 5) is 4.67. The maximum Gasteiger partial charge on any atom is 0.148 e. The quantitative estimate of drug-likeness (QED) is 0.713. The third-order valence-electron chi connectivity index (χ3n) is 3.92. The monoisotopic (exact) mass is 327 g/mol. The zero-order valence-electron chi connectivity index (χ0n) is 14.0. The molecule has 0 bridgehead atoms. The normalized spacial score (nSPS) is 10.7. The first-order valence-electron chi connectivity index (χ1n) is 7.44. The topological polar surface area (TPSA) is 40.6 Å².